The zero-order chi connectivity index (χ0) is 15.6. The Morgan fingerprint density at radius 1 is 1.43 bits per heavy atom. The highest BCUT2D eigenvalue weighted by atomic mass is 32.2. The molecule has 0 spiro atoms. The van der Waals surface area contributed by atoms with Crippen LogP contribution in [0.3, 0.4) is 0 Å². The van der Waals surface area contributed by atoms with Crippen molar-refractivity contribution in [2.75, 3.05) is 18.1 Å². The Labute approximate surface area is 120 Å². The number of aliphatic carboxylic acids is 1. The summed E-state index contributed by atoms with van der Waals surface area (Å²) in [5.41, 5.74) is -0.111. The van der Waals surface area contributed by atoms with Gasteiger partial charge in [0.1, 0.15) is 12.4 Å². The fourth-order valence-corrected chi connectivity index (χ4v) is 3.96. The second-order valence-corrected chi connectivity index (χ2v) is 7.00. The van der Waals surface area contributed by atoms with Crippen LogP contribution in [0.1, 0.15) is 16.8 Å². The first-order valence-corrected chi connectivity index (χ1v) is 7.94. The molecule has 1 aliphatic rings. The van der Waals surface area contributed by atoms with E-state index in [0.717, 1.165) is 23.4 Å². The summed E-state index contributed by atoms with van der Waals surface area (Å²) < 4.78 is 36.1. The van der Waals surface area contributed by atoms with E-state index in [9.17, 15) is 22.4 Å². The first kappa shape index (κ1) is 15.4. The number of rotatable bonds is 4. The number of aromatic nitrogens is 1. The third-order valence-corrected chi connectivity index (χ3v) is 4.92. The zero-order valence-electron chi connectivity index (χ0n) is 10.9. The fourth-order valence-electron chi connectivity index (χ4n) is 2.23. The van der Waals surface area contributed by atoms with Crippen LogP contribution in [0.2, 0.25) is 0 Å². The molecule has 1 N–H and O–H groups in total. The molecule has 2 rings (SSSR count). The van der Waals surface area contributed by atoms with Crippen LogP contribution in [0, 0.1) is 5.82 Å². The summed E-state index contributed by atoms with van der Waals surface area (Å²) in [7, 11) is -3.28. The van der Waals surface area contributed by atoms with Crippen LogP contribution in [0.15, 0.2) is 18.5 Å². The maximum Gasteiger partial charge on any atom is 0.323 e. The summed E-state index contributed by atoms with van der Waals surface area (Å²) >= 11 is 0. The van der Waals surface area contributed by atoms with Gasteiger partial charge in [0, 0.05) is 12.2 Å². The molecule has 0 saturated carbocycles. The SMILES string of the molecule is O=C(O)CN(C(=O)c1cncc(F)c1)C1CCS(=O)(=O)C1. The summed E-state index contributed by atoms with van der Waals surface area (Å²) in [6.07, 6.45) is 2.20. The van der Waals surface area contributed by atoms with Gasteiger partial charge in [-0.1, -0.05) is 0 Å². The minimum absolute atomic E-state index is 0.0948. The molecule has 0 bridgehead atoms. The molecule has 0 aromatic carbocycles. The highest BCUT2D eigenvalue weighted by Crippen LogP contribution is 2.20. The Morgan fingerprint density at radius 2 is 2.14 bits per heavy atom. The molecule has 21 heavy (non-hydrogen) atoms. The van der Waals surface area contributed by atoms with Gasteiger partial charge < -0.3 is 10.0 Å². The smallest absolute Gasteiger partial charge is 0.323 e. The highest BCUT2D eigenvalue weighted by molar-refractivity contribution is 7.91. The number of amides is 1. The summed E-state index contributed by atoms with van der Waals surface area (Å²) in [5, 5.41) is 8.89. The Morgan fingerprint density at radius 3 is 2.67 bits per heavy atom. The number of sulfone groups is 1. The molecule has 2 heterocycles. The van der Waals surface area contributed by atoms with E-state index in [-0.39, 0.29) is 23.5 Å². The fraction of sp³-hybridized carbons (Fsp3) is 0.417. The Kier molecular flexibility index (Phi) is 4.21. The lowest BCUT2D eigenvalue weighted by Crippen LogP contribution is -2.44. The van der Waals surface area contributed by atoms with Crippen LogP contribution in [0.4, 0.5) is 4.39 Å². The average Bonchev–Trinajstić information content (AvgIpc) is 2.75. The maximum absolute atomic E-state index is 13.1. The van der Waals surface area contributed by atoms with Gasteiger partial charge in [0.05, 0.1) is 23.3 Å². The van der Waals surface area contributed by atoms with Crippen LogP contribution in [-0.4, -0.2) is 59.4 Å². The van der Waals surface area contributed by atoms with Crippen LogP contribution in [0.25, 0.3) is 0 Å². The maximum atomic E-state index is 13.1. The lowest BCUT2D eigenvalue weighted by molar-refractivity contribution is -0.138. The quantitative estimate of drug-likeness (QED) is 0.834. The van der Waals surface area contributed by atoms with E-state index in [1.54, 1.807) is 0 Å². The number of halogens is 1. The predicted octanol–water partition coefficient (Wildman–Crippen LogP) is -0.0654. The molecule has 1 saturated heterocycles. The molecular weight excluding hydrogens is 303 g/mol. The molecule has 114 valence electrons. The van der Waals surface area contributed by atoms with E-state index in [4.69, 9.17) is 5.11 Å². The lowest BCUT2D eigenvalue weighted by atomic mass is 10.1. The minimum Gasteiger partial charge on any atom is -0.480 e. The second kappa shape index (κ2) is 5.76. The number of carbonyl (C=O) groups is 2. The number of carbonyl (C=O) groups excluding carboxylic acids is 1. The van der Waals surface area contributed by atoms with Crippen molar-refractivity contribution in [1.29, 1.82) is 0 Å². The van der Waals surface area contributed by atoms with E-state index >= 15 is 0 Å². The molecule has 1 unspecified atom stereocenters. The van der Waals surface area contributed by atoms with Gasteiger partial charge in [0.25, 0.3) is 5.91 Å². The molecule has 9 heteroatoms. The standard InChI is InChI=1S/C12H13FN2O5S/c13-9-3-8(4-14-5-9)12(18)15(6-11(16)17)10-1-2-21(19,20)7-10/h3-5,10H,1-2,6-7H2,(H,16,17). The van der Waals surface area contributed by atoms with Crippen molar-refractivity contribution in [3.8, 4) is 0 Å². The van der Waals surface area contributed by atoms with Crippen molar-refractivity contribution in [2.45, 2.75) is 12.5 Å². The van der Waals surface area contributed by atoms with Crippen molar-refractivity contribution in [3.05, 3.63) is 29.8 Å². The largest absolute Gasteiger partial charge is 0.480 e. The number of carboxylic acid groups (broad SMARTS) is 1. The molecule has 0 radical (unpaired) electrons. The summed E-state index contributed by atoms with van der Waals surface area (Å²) in [4.78, 5) is 27.7. The third-order valence-electron chi connectivity index (χ3n) is 3.17. The summed E-state index contributed by atoms with van der Waals surface area (Å²) in [6.45, 7) is -0.643. The summed E-state index contributed by atoms with van der Waals surface area (Å²) in [6, 6.07) is 0.218. The third kappa shape index (κ3) is 3.75. The van der Waals surface area contributed by atoms with Gasteiger partial charge in [-0.3, -0.25) is 14.6 Å². The molecule has 1 aromatic rings. The average molecular weight is 316 g/mol. The van der Waals surface area contributed by atoms with Crippen molar-refractivity contribution >= 4 is 21.7 Å². The van der Waals surface area contributed by atoms with Gasteiger partial charge in [-0.15, -0.1) is 0 Å². The van der Waals surface area contributed by atoms with Crippen LogP contribution < -0.4 is 0 Å². The van der Waals surface area contributed by atoms with Gasteiger partial charge in [-0.05, 0) is 12.5 Å². The Bertz CT molecular complexity index is 676. The molecular formula is C12H13FN2O5S. The molecule has 1 aliphatic heterocycles. The van der Waals surface area contributed by atoms with Crippen molar-refractivity contribution < 1.29 is 27.5 Å². The second-order valence-electron chi connectivity index (χ2n) is 4.78. The van der Waals surface area contributed by atoms with Gasteiger partial charge in [0.15, 0.2) is 9.84 Å². The van der Waals surface area contributed by atoms with E-state index in [1.807, 2.05) is 0 Å². The van der Waals surface area contributed by atoms with E-state index in [2.05, 4.69) is 4.98 Å². The van der Waals surface area contributed by atoms with E-state index < -0.39 is 40.1 Å². The van der Waals surface area contributed by atoms with Gasteiger partial charge in [0.2, 0.25) is 0 Å². The van der Waals surface area contributed by atoms with Gasteiger partial charge in [-0.25, -0.2) is 12.8 Å². The van der Waals surface area contributed by atoms with Crippen molar-refractivity contribution in [2.24, 2.45) is 0 Å². The van der Waals surface area contributed by atoms with Crippen LogP contribution in [0.5, 0.6) is 0 Å². The van der Waals surface area contributed by atoms with Crippen LogP contribution in [-0.2, 0) is 14.6 Å². The molecule has 7 nitrogen and oxygen atoms in total. The van der Waals surface area contributed by atoms with Crippen molar-refractivity contribution in [3.63, 3.8) is 0 Å². The van der Waals surface area contributed by atoms with Gasteiger partial charge in [-0.2, -0.15) is 0 Å². The van der Waals surface area contributed by atoms with Crippen molar-refractivity contribution in [1.82, 2.24) is 9.88 Å². The monoisotopic (exact) mass is 316 g/mol. The number of nitrogens with zero attached hydrogens (tertiary/aromatic N) is 2. The summed E-state index contributed by atoms with van der Waals surface area (Å²) in [5.74, 6) is -3.12. The number of carboxylic acids is 1. The van der Waals surface area contributed by atoms with Gasteiger partial charge >= 0.3 is 5.97 Å². The van der Waals surface area contributed by atoms with E-state index in [1.165, 1.54) is 0 Å². The topological polar surface area (TPSA) is 105 Å². The first-order valence-electron chi connectivity index (χ1n) is 6.12. The Balaban J connectivity index is 2.28. The minimum atomic E-state index is -3.28. The molecule has 0 aliphatic carbocycles. The molecule has 1 amide bonds. The first-order chi connectivity index (χ1) is 9.78. The normalized spacial score (nSPS) is 20.1. The number of hydrogen-bond acceptors (Lipinski definition) is 5. The number of hydrogen-bond donors (Lipinski definition) is 1. The predicted molar refractivity (Wildman–Crippen MR) is 69.9 cm³/mol. The zero-order valence-corrected chi connectivity index (χ0v) is 11.7. The molecule has 1 atom stereocenters. The van der Waals surface area contributed by atoms with Crippen LogP contribution >= 0.6 is 0 Å². The Hall–Kier alpha value is -2.03. The lowest BCUT2D eigenvalue weighted by Gasteiger charge is -2.26. The number of pyridine rings is 1. The molecule has 1 aromatic heterocycles. The molecule has 1 fully saturated rings. The highest BCUT2D eigenvalue weighted by Gasteiger charge is 2.36. The van der Waals surface area contributed by atoms with E-state index in [0.29, 0.717) is 0 Å².